The fourth-order valence-electron chi connectivity index (χ4n) is 3.64. The van der Waals surface area contributed by atoms with E-state index in [2.05, 4.69) is 5.32 Å². The maximum absolute atomic E-state index is 12.2. The molecule has 0 spiro atoms. The van der Waals surface area contributed by atoms with Crippen LogP contribution in [0, 0.1) is 5.92 Å². The first-order valence-electron chi connectivity index (χ1n) is 8.93. The molecule has 0 bridgehead atoms. The third-order valence-electron chi connectivity index (χ3n) is 4.93. The van der Waals surface area contributed by atoms with Crippen LogP contribution in [0.4, 0.5) is 0 Å². The summed E-state index contributed by atoms with van der Waals surface area (Å²) in [7, 11) is 1.61. The summed E-state index contributed by atoms with van der Waals surface area (Å²) in [4.78, 5) is 24.3. The minimum Gasteiger partial charge on any atom is -0.493 e. The van der Waals surface area contributed by atoms with Crippen molar-refractivity contribution in [3.05, 3.63) is 23.8 Å². The highest BCUT2D eigenvalue weighted by atomic mass is 16.5. The molecule has 2 atom stereocenters. The van der Waals surface area contributed by atoms with Crippen LogP contribution in [0.15, 0.2) is 18.2 Å². The van der Waals surface area contributed by atoms with Gasteiger partial charge in [0.15, 0.2) is 11.5 Å². The van der Waals surface area contributed by atoms with Crippen molar-refractivity contribution in [2.45, 2.75) is 44.6 Å². The van der Waals surface area contributed by atoms with Crippen molar-refractivity contribution in [1.29, 1.82) is 0 Å². The van der Waals surface area contributed by atoms with Crippen LogP contribution in [0.3, 0.4) is 0 Å². The zero-order chi connectivity index (χ0) is 17.8. The normalized spacial score (nSPS) is 23.4. The molecule has 1 heterocycles. The predicted octanol–water partition coefficient (Wildman–Crippen LogP) is 2.41. The Kier molecular flexibility index (Phi) is 5.46. The molecule has 6 heteroatoms. The van der Waals surface area contributed by atoms with Crippen LogP contribution in [-0.2, 0) is 14.3 Å². The zero-order valence-corrected chi connectivity index (χ0v) is 14.7. The van der Waals surface area contributed by atoms with Crippen molar-refractivity contribution in [2.24, 2.45) is 5.92 Å². The molecular formula is C19H25NO5. The molecule has 1 aromatic carbocycles. The number of methoxy groups -OCH3 is 1. The van der Waals surface area contributed by atoms with E-state index in [4.69, 9.17) is 14.2 Å². The number of benzene rings is 1. The molecule has 1 saturated heterocycles. The molecule has 1 aliphatic heterocycles. The van der Waals surface area contributed by atoms with Gasteiger partial charge in [-0.15, -0.1) is 0 Å². The number of hydrogen-bond donors (Lipinski definition) is 1. The van der Waals surface area contributed by atoms with Gasteiger partial charge in [0.05, 0.1) is 19.8 Å². The summed E-state index contributed by atoms with van der Waals surface area (Å²) in [5.41, 5.74) is 0.880. The Morgan fingerprint density at radius 1 is 1.24 bits per heavy atom. The Bertz CT molecular complexity index is 639. The summed E-state index contributed by atoms with van der Waals surface area (Å²) >= 11 is 0. The van der Waals surface area contributed by atoms with E-state index in [0.29, 0.717) is 18.0 Å². The van der Waals surface area contributed by atoms with Crippen molar-refractivity contribution in [2.75, 3.05) is 20.3 Å². The topological polar surface area (TPSA) is 73.9 Å². The number of ether oxygens (including phenoxy) is 3. The molecule has 1 amide bonds. The maximum Gasteiger partial charge on any atom is 0.319 e. The van der Waals surface area contributed by atoms with Gasteiger partial charge in [-0.1, -0.05) is 6.07 Å². The van der Waals surface area contributed by atoms with Crippen LogP contribution < -0.4 is 14.8 Å². The Morgan fingerprint density at radius 2 is 2.00 bits per heavy atom. The lowest BCUT2D eigenvalue weighted by Gasteiger charge is -2.20. The van der Waals surface area contributed by atoms with Crippen molar-refractivity contribution in [3.8, 4) is 11.5 Å². The number of carbonyl (C=O) groups excluding carboxylic acids is 2. The molecule has 2 aliphatic rings. The maximum atomic E-state index is 12.2. The number of nitrogens with one attached hydrogen (secondary N) is 1. The van der Waals surface area contributed by atoms with Crippen LogP contribution in [0.2, 0.25) is 0 Å². The van der Waals surface area contributed by atoms with Crippen LogP contribution >= 0.6 is 0 Å². The van der Waals surface area contributed by atoms with E-state index in [1.54, 1.807) is 14.0 Å². The molecule has 1 aromatic rings. The SMILES string of the molecule is CCOC(=O)C1C(=O)NC[C@H]1c1ccc(OC)c(OC2CCCC2)c1. The third kappa shape index (κ3) is 3.72. The van der Waals surface area contributed by atoms with Gasteiger partial charge in [0.2, 0.25) is 5.91 Å². The summed E-state index contributed by atoms with van der Waals surface area (Å²) in [5, 5.41) is 2.77. The van der Waals surface area contributed by atoms with Crippen LogP contribution in [0.5, 0.6) is 11.5 Å². The largest absolute Gasteiger partial charge is 0.493 e. The van der Waals surface area contributed by atoms with Crippen molar-refractivity contribution >= 4 is 11.9 Å². The number of hydrogen-bond acceptors (Lipinski definition) is 5. The van der Waals surface area contributed by atoms with Crippen molar-refractivity contribution in [1.82, 2.24) is 5.32 Å². The van der Waals surface area contributed by atoms with Gasteiger partial charge >= 0.3 is 5.97 Å². The molecule has 1 saturated carbocycles. The lowest BCUT2D eigenvalue weighted by molar-refractivity contribution is -0.151. The summed E-state index contributed by atoms with van der Waals surface area (Å²) < 4.78 is 16.6. The molecule has 1 aliphatic carbocycles. The first-order chi connectivity index (χ1) is 12.1. The highest BCUT2D eigenvalue weighted by Gasteiger charge is 2.42. The summed E-state index contributed by atoms with van der Waals surface area (Å²) in [5.74, 6) is -0.486. The molecule has 2 fully saturated rings. The molecular weight excluding hydrogens is 322 g/mol. The first-order valence-corrected chi connectivity index (χ1v) is 8.93. The van der Waals surface area contributed by atoms with Gasteiger partial charge in [0.1, 0.15) is 5.92 Å². The fraction of sp³-hybridized carbons (Fsp3) is 0.579. The third-order valence-corrected chi connectivity index (χ3v) is 4.93. The quantitative estimate of drug-likeness (QED) is 0.632. The second-order valence-electron chi connectivity index (χ2n) is 6.52. The lowest BCUT2D eigenvalue weighted by Crippen LogP contribution is -2.29. The Balaban J connectivity index is 1.85. The van der Waals surface area contributed by atoms with E-state index in [0.717, 1.165) is 18.4 Å². The van der Waals surface area contributed by atoms with Gasteiger partial charge in [-0.3, -0.25) is 9.59 Å². The van der Waals surface area contributed by atoms with Gasteiger partial charge in [0.25, 0.3) is 0 Å². The second-order valence-corrected chi connectivity index (χ2v) is 6.52. The molecule has 3 rings (SSSR count). The Labute approximate surface area is 147 Å². The number of rotatable bonds is 6. The zero-order valence-electron chi connectivity index (χ0n) is 14.7. The van der Waals surface area contributed by atoms with Gasteiger partial charge in [-0.2, -0.15) is 0 Å². The monoisotopic (exact) mass is 347 g/mol. The molecule has 1 unspecified atom stereocenters. The van der Waals surface area contributed by atoms with Gasteiger partial charge in [-0.05, 0) is 50.3 Å². The molecule has 136 valence electrons. The van der Waals surface area contributed by atoms with Crippen molar-refractivity contribution in [3.63, 3.8) is 0 Å². The van der Waals surface area contributed by atoms with E-state index >= 15 is 0 Å². The minimum absolute atomic E-state index is 0.202. The molecule has 6 nitrogen and oxygen atoms in total. The van der Waals surface area contributed by atoms with Gasteiger partial charge in [0, 0.05) is 12.5 Å². The average molecular weight is 347 g/mol. The molecule has 0 aromatic heterocycles. The van der Waals surface area contributed by atoms with Crippen LogP contribution in [0.1, 0.15) is 44.1 Å². The van der Waals surface area contributed by atoms with E-state index in [1.807, 2.05) is 18.2 Å². The predicted molar refractivity (Wildman–Crippen MR) is 91.8 cm³/mol. The van der Waals surface area contributed by atoms with Gasteiger partial charge < -0.3 is 19.5 Å². The van der Waals surface area contributed by atoms with Crippen LogP contribution in [-0.4, -0.2) is 38.2 Å². The van der Waals surface area contributed by atoms with E-state index in [-0.39, 0.29) is 24.5 Å². The van der Waals surface area contributed by atoms with Crippen LogP contribution in [0.25, 0.3) is 0 Å². The smallest absolute Gasteiger partial charge is 0.319 e. The minimum atomic E-state index is -0.812. The molecule has 1 N–H and O–H groups in total. The highest BCUT2D eigenvalue weighted by molar-refractivity contribution is 6.00. The number of amides is 1. The second kappa shape index (κ2) is 7.76. The van der Waals surface area contributed by atoms with E-state index < -0.39 is 11.9 Å². The Morgan fingerprint density at radius 3 is 2.68 bits per heavy atom. The van der Waals surface area contributed by atoms with Gasteiger partial charge in [-0.25, -0.2) is 0 Å². The molecule has 0 radical (unpaired) electrons. The standard InChI is InChI=1S/C19H25NO5/c1-3-24-19(22)17-14(11-20-18(17)21)12-8-9-15(23-2)16(10-12)25-13-6-4-5-7-13/h8-10,13-14,17H,3-7,11H2,1-2H3,(H,20,21)/t14-,17?/m0/s1. The average Bonchev–Trinajstić information content (AvgIpc) is 3.24. The number of esters is 1. The van der Waals surface area contributed by atoms with E-state index in [9.17, 15) is 9.59 Å². The lowest BCUT2D eigenvalue weighted by atomic mass is 9.88. The Hall–Kier alpha value is -2.24. The number of carbonyl (C=O) groups is 2. The fourth-order valence-corrected chi connectivity index (χ4v) is 3.64. The summed E-state index contributed by atoms with van der Waals surface area (Å²) in [6.45, 7) is 2.41. The highest BCUT2D eigenvalue weighted by Crippen LogP contribution is 2.37. The summed E-state index contributed by atoms with van der Waals surface area (Å²) in [6.07, 6.45) is 4.65. The first kappa shape index (κ1) is 17.6. The van der Waals surface area contributed by atoms with Crippen molar-refractivity contribution < 1.29 is 23.8 Å². The summed E-state index contributed by atoms with van der Waals surface area (Å²) in [6, 6.07) is 5.62. The molecule has 25 heavy (non-hydrogen) atoms. The van der Waals surface area contributed by atoms with E-state index in [1.165, 1.54) is 12.8 Å².